The average Bonchev–Trinajstić information content (AvgIpc) is 2.27. The van der Waals surface area contributed by atoms with Crippen molar-refractivity contribution < 1.29 is 14.4 Å². The van der Waals surface area contributed by atoms with E-state index in [1.165, 1.54) is 17.7 Å². The number of carbonyl (C=O) groups excluding carboxylic acids is 1. The molecule has 0 unspecified atom stereocenters. The van der Waals surface area contributed by atoms with E-state index < -0.39 is 5.97 Å². The third-order valence-electron chi connectivity index (χ3n) is 2.00. The highest BCUT2D eigenvalue weighted by atomic mass is 16.7. The molecule has 0 saturated heterocycles. The average molecular weight is 242 g/mol. The zero-order valence-corrected chi connectivity index (χ0v) is 9.60. The van der Waals surface area contributed by atoms with E-state index in [0.717, 1.165) is 0 Å². The SMILES string of the molecule is COc1nc(C)cc(=O)n1CCC(=O)ONN. The van der Waals surface area contributed by atoms with E-state index in [4.69, 9.17) is 10.6 Å². The maximum Gasteiger partial charge on any atom is 0.328 e. The van der Waals surface area contributed by atoms with Crippen LogP contribution in [-0.4, -0.2) is 22.6 Å². The molecule has 0 aliphatic heterocycles. The zero-order chi connectivity index (χ0) is 12.8. The van der Waals surface area contributed by atoms with Crippen LogP contribution < -0.4 is 21.7 Å². The molecule has 0 spiro atoms. The zero-order valence-electron chi connectivity index (χ0n) is 9.60. The molecular formula is C9H14N4O4. The Morgan fingerprint density at radius 1 is 1.65 bits per heavy atom. The van der Waals surface area contributed by atoms with Gasteiger partial charge in [-0.15, -0.1) is 0 Å². The molecule has 94 valence electrons. The molecule has 0 saturated carbocycles. The van der Waals surface area contributed by atoms with Gasteiger partial charge >= 0.3 is 5.97 Å². The summed E-state index contributed by atoms with van der Waals surface area (Å²) in [5.41, 5.74) is 2.03. The van der Waals surface area contributed by atoms with Crippen molar-refractivity contribution in [2.45, 2.75) is 19.9 Å². The van der Waals surface area contributed by atoms with Gasteiger partial charge in [0.15, 0.2) is 0 Å². The first-order valence-corrected chi connectivity index (χ1v) is 4.86. The number of aromatic nitrogens is 2. The lowest BCUT2D eigenvalue weighted by atomic mass is 10.4. The molecule has 1 heterocycles. The Balaban J connectivity index is 2.83. The van der Waals surface area contributed by atoms with E-state index >= 15 is 0 Å². The smallest absolute Gasteiger partial charge is 0.328 e. The summed E-state index contributed by atoms with van der Waals surface area (Å²) in [5.74, 6) is 4.22. The van der Waals surface area contributed by atoms with Gasteiger partial charge in [-0.1, -0.05) is 5.59 Å². The van der Waals surface area contributed by atoms with Crippen molar-refractivity contribution in [2.24, 2.45) is 5.84 Å². The fraction of sp³-hybridized carbons (Fsp3) is 0.444. The lowest BCUT2D eigenvalue weighted by Crippen LogP contribution is -2.28. The van der Waals surface area contributed by atoms with Gasteiger partial charge in [0.05, 0.1) is 13.5 Å². The lowest BCUT2D eigenvalue weighted by Gasteiger charge is -2.10. The van der Waals surface area contributed by atoms with Crippen molar-refractivity contribution in [3.05, 3.63) is 22.1 Å². The highest BCUT2D eigenvalue weighted by molar-refractivity contribution is 5.68. The van der Waals surface area contributed by atoms with Crippen molar-refractivity contribution in [3.8, 4) is 6.01 Å². The van der Waals surface area contributed by atoms with Gasteiger partial charge in [-0.3, -0.25) is 14.2 Å². The number of hydrazine groups is 1. The number of aryl methyl sites for hydroxylation is 1. The normalized spacial score (nSPS) is 10.1. The fourth-order valence-corrected chi connectivity index (χ4v) is 1.28. The molecule has 0 fully saturated rings. The van der Waals surface area contributed by atoms with Gasteiger partial charge in [-0.2, -0.15) is 0 Å². The second-order valence-electron chi connectivity index (χ2n) is 3.22. The van der Waals surface area contributed by atoms with Crippen molar-refractivity contribution in [1.29, 1.82) is 0 Å². The van der Waals surface area contributed by atoms with Gasteiger partial charge in [0.2, 0.25) is 0 Å². The summed E-state index contributed by atoms with van der Waals surface area (Å²) in [6.07, 6.45) is -0.0226. The maximum atomic E-state index is 11.6. The molecule has 0 atom stereocenters. The number of hydrogen-bond acceptors (Lipinski definition) is 7. The number of rotatable bonds is 5. The Hall–Kier alpha value is -1.93. The van der Waals surface area contributed by atoms with Crippen LogP contribution in [0, 0.1) is 6.92 Å². The Labute approximate surface area is 97.3 Å². The van der Waals surface area contributed by atoms with Crippen LogP contribution in [0.25, 0.3) is 0 Å². The van der Waals surface area contributed by atoms with E-state index in [9.17, 15) is 9.59 Å². The summed E-state index contributed by atoms with van der Waals surface area (Å²) >= 11 is 0. The molecule has 0 aliphatic rings. The van der Waals surface area contributed by atoms with Gasteiger partial charge in [0.25, 0.3) is 11.6 Å². The largest absolute Gasteiger partial charge is 0.468 e. The predicted molar refractivity (Wildman–Crippen MR) is 57.8 cm³/mol. The quantitative estimate of drug-likeness (QED) is 0.496. The first-order chi connectivity index (χ1) is 8.08. The first-order valence-electron chi connectivity index (χ1n) is 4.86. The highest BCUT2D eigenvalue weighted by Crippen LogP contribution is 2.05. The molecule has 8 nitrogen and oxygen atoms in total. The van der Waals surface area contributed by atoms with Crippen molar-refractivity contribution >= 4 is 5.97 Å². The highest BCUT2D eigenvalue weighted by Gasteiger charge is 2.10. The Bertz CT molecular complexity index is 457. The van der Waals surface area contributed by atoms with Crippen molar-refractivity contribution in [3.63, 3.8) is 0 Å². The summed E-state index contributed by atoms with van der Waals surface area (Å²) in [6.45, 7) is 1.79. The molecule has 17 heavy (non-hydrogen) atoms. The molecule has 0 aromatic carbocycles. The van der Waals surface area contributed by atoms with Crippen LogP contribution >= 0.6 is 0 Å². The van der Waals surface area contributed by atoms with Gasteiger partial charge in [-0.05, 0) is 6.92 Å². The van der Waals surface area contributed by atoms with Crippen LogP contribution in [0.2, 0.25) is 0 Å². The second-order valence-corrected chi connectivity index (χ2v) is 3.22. The molecule has 1 aromatic heterocycles. The van der Waals surface area contributed by atoms with E-state index in [1.54, 1.807) is 12.5 Å². The standard InChI is InChI=1S/C9H14N4O4/c1-6-5-7(14)13(9(11-6)16-2)4-3-8(15)17-12-10/h5,12H,3-4,10H2,1-2H3. The summed E-state index contributed by atoms with van der Waals surface area (Å²) in [6, 6.07) is 1.51. The summed E-state index contributed by atoms with van der Waals surface area (Å²) in [7, 11) is 1.40. The molecule has 1 rings (SSSR count). The molecule has 1 aromatic rings. The van der Waals surface area contributed by atoms with E-state index in [0.29, 0.717) is 5.69 Å². The monoisotopic (exact) mass is 242 g/mol. The van der Waals surface area contributed by atoms with Crippen LogP contribution in [0.4, 0.5) is 0 Å². The topological polar surface area (TPSA) is 108 Å². The van der Waals surface area contributed by atoms with Crippen LogP contribution in [0.1, 0.15) is 12.1 Å². The summed E-state index contributed by atoms with van der Waals surface area (Å²) < 4.78 is 6.20. The van der Waals surface area contributed by atoms with Crippen molar-refractivity contribution in [1.82, 2.24) is 15.1 Å². The molecule has 3 N–H and O–H groups in total. The lowest BCUT2D eigenvalue weighted by molar-refractivity contribution is -0.151. The molecular weight excluding hydrogens is 228 g/mol. The minimum atomic E-state index is -0.581. The third-order valence-corrected chi connectivity index (χ3v) is 2.00. The number of hydrogen-bond donors (Lipinski definition) is 2. The number of ether oxygens (including phenoxy) is 1. The number of methoxy groups -OCH3 is 1. The first kappa shape index (κ1) is 13.1. The maximum absolute atomic E-state index is 11.6. The van der Waals surface area contributed by atoms with Crippen LogP contribution in [0.15, 0.2) is 10.9 Å². The van der Waals surface area contributed by atoms with Gasteiger partial charge in [-0.25, -0.2) is 10.8 Å². The summed E-state index contributed by atoms with van der Waals surface area (Å²) in [4.78, 5) is 31.0. The fourth-order valence-electron chi connectivity index (χ4n) is 1.28. The minimum Gasteiger partial charge on any atom is -0.468 e. The number of carbonyl (C=O) groups is 1. The number of nitrogens with two attached hydrogens (primary N) is 1. The van der Waals surface area contributed by atoms with Gasteiger partial charge in [0.1, 0.15) is 0 Å². The van der Waals surface area contributed by atoms with Crippen LogP contribution in [-0.2, 0) is 16.2 Å². The number of nitrogens with one attached hydrogen (secondary N) is 1. The molecule has 0 amide bonds. The van der Waals surface area contributed by atoms with E-state index in [-0.39, 0.29) is 24.5 Å². The second kappa shape index (κ2) is 5.97. The molecule has 8 heteroatoms. The minimum absolute atomic E-state index is 0.0226. The Morgan fingerprint density at radius 2 is 2.35 bits per heavy atom. The Kier molecular flexibility index (Phi) is 4.61. The van der Waals surface area contributed by atoms with Gasteiger partial charge < -0.3 is 9.57 Å². The van der Waals surface area contributed by atoms with Crippen molar-refractivity contribution in [2.75, 3.05) is 7.11 Å². The molecule has 0 radical (unpaired) electrons. The van der Waals surface area contributed by atoms with E-state index in [1.807, 2.05) is 0 Å². The van der Waals surface area contributed by atoms with Crippen LogP contribution in [0.5, 0.6) is 6.01 Å². The van der Waals surface area contributed by atoms with Crippen LogP contribution in [0.3, 0.4) is 0 Å². The van der Waals surface area contributed by atoms with E-state index in [2.05, 4.69) is 9.82 Å². The van der Waals surface area contributed by atoms with Gasteiger partial charge in [0, 0.05) is 18.3 Å². The molecule has 0 aliphatic carbocycles. The summed E-state index contributed by atoms with van der Waals surface area (Å²) in [5, 5.41) is 0. The Morgan fingerprint density at radius 3 is 2.94 bits per heavy atom. The third kappa shape index (κ3) is 3.54. The molecule has 0 bridgehead atoms. The number of nitrogens with zero attached hydrogens (tertiary/aromatic N) is 2. The predicted octanol–water partition coefficient (Wildman–Crippen LogP) is -1.13.